The van der Waals surface area contributed by atoms with Crippen LogP contribution in [0.5, 0.6) is 0 Å². The number of amides is 1. The third kappa shape index (κ3) is 3.74. The van der Waals surface area contributed by atoms with Gasteiger partial charge in [-0.3, -0.25) is 9.36 Å². The number of hydrogen-bond acceptors (Lipinski definition) is 8. The van der Waals surface area contributed by atoms with Crippen LogP contribution in [0.15, 0.2) is 55.9 Å². The van der Waals surface area contributed by atoms with Crippen molar-refractivity contribution in [2.75, 3.05) is 0 Å². The molecule has 35 heavy (non-hydrogen) atoms. The van der Waals surface area contributed by atoms with E-state index in [4.69, 9.17) is 11.6 Å². The van der Waals surface area contributed by atoms with Gasteiger partial charge in [0.2, 0.25) is 0 Å². The van der Waals surface area contributed by atoms with E-state index in [1.807, 2.05) is 0 Å². The highest BCUT2D eigenvalue weighted by Gasteiger charge is 2.16. The lowest BCUT2D eigenvalue weighted by Crippen LogP contribution is -2.23. The Morgan fingerprint density at radius 2 is 2.00 bits per heavy atom. The van der Waals surface area contributed by atoms with Gasteiger partial charge in [0.15, 0.2) is 17.2 Å². The van der Waals surface area contributed by atoms with Crippen LogP contribution in [0.2, 0.25) is 5.02 Å². The van der Waals surface area contributed by atoms with Crippen molar-refractivity contribution in [2.24, 2.45) is 0 Å². The quantitative estimate of drug-likeness (QED) is 0.367. The van der Waals surface area contributed by atoms with Crippen molar-refractivity contribution in [1.29, 1.82) is 0 Å². The first-order chi connectivity index (χ1) is 17.1. The summed E-state index contributed by atoms with van der Waals surface area (Å²) in [5.41, 5.74) is 2.67. The zero-order valence-corrected chi connectivity index (χ0v) is 18.4. The van der Waals surface area contributed by atoms with Gasteiger partial charge in [0.25, 0.3) is 5.91 Å². The molecule has 6 aromatic rings. The summed E-state index contributed by atoms with van der Waals surface area (Å²) >= 11 is 5.86. The summed E-state index contributed by atoms with van der Waals surface area (Å²) in [6.07, 6.45) is 11.1. The number of carbonyl (C=O) groups is 1. The topological polar surface area (TPSA) is 138 Å². The first kappa shape index (κ1) is 20.9. The Bertz CT molecular complexity index is 1690. The zero-order chi connectivity index (χ0) is 23.9. The molecule has 0 saturated carbocycles. The van der Waals surface area contributed by atoms with E-state index in [-0.39, 0.29) is 29.3 Å². The van der Waals surface area contributed by atoms with Crippen LogP contribution in [-0.2, 0) is 13.1 Å². The second-order valence-electron chi connectivity index (χ2n) is 7.49. The number of carbonyl (C=O) groups excluding carboxylic acids is 1. The van der Waals surface area contributed by atoms with Crippen LogP contribution in [-0.4, -0.2) is 59.6 Å². The Balaban J connectivity index is 1.17. The zero-order valence-electron chi connectivity index (χ0n) is 17.7. The highest BCUT2D eigenvalue weighted by molar-refractivity contribution is 6.31. The normalized spacial score (nSPS) is 11.5. The van der Waals surface area contributed by atoms with E-state index in [1.165, 1.54) is 27.7 Å². The molecule has 174 valence electrons. The fourth-order valence-electron chi connectivity index (χ4n) is 3.65. The van der Waals surface area contributed by atoms with Gasteiger partial charge in [0.1, 0.15) is 18.2 Å². The summed E-state index contributed by atoms with van der Waals surface area (Å²) in [5.74, 6) is -1.08. The summed E-state index contributed by atoms with van der Waals surface area (Å²) < 4.78 is 20.7. The van der Waals surface area contributed by atoms with Gasteiger partial charge >= 0.3 is 0 Å². The molecule has 0 aliphatic rings. The Morgan fingerprint density at radius 1 is 1.14 bits per heavy atom. The lowest BCUT2D eigenvalue weighted by Gasteiger charge is -2.03. The van der Waals surface area contributed by atoms with E-state index in [9.17, 15) is 9.18 Å². The number of pyridine rings is 1. The second kappa shape index (κ2) is 8.25. The van der Waals surface area contributed by atoms with E-state index < -0.39 is 11.7 Å². The molecule has 0 saturated heterocycles. The summed E-state index contributed by atoms with van der Waals surface area (Å²) in [4.78, 5) is 21.3. The standard InChI is InChI=1S/C20H14ClFN12O/c21-13-2-4-31-9-24-14(18(31)17(13)22)5-23-20(35)15-8-33(30-29-15)6-12-7-34-19(28-12)16(1-3-27-34)32-10-25-26-11-32/h1-4,7-11H,5-6H2,(H,23,35). The molecule has 6 aromatic heterocycles. The predicted molar refractivity (Wildman–Crippen MR) is 118 cm³/mol. The first-order valence-electron chi connectivity index (χ1n) is 10.2. The first-order valence-corrected chi connectivity index (χ1v) is 10.6. The molecule has 0 radical (unpaired) electrons. The smallest absolute Gasteiger partial charge is 0.273 e. The number of rotatable bonds is 6. The third-order valence-electron chi connectivity index (χ3n) is 5.27. The molecule has 0 bridgehead atoms. The Labute approximate surface area is 199 Å². The molecule has 0 atom stereocenters. The molecule has 0 aliphatic heterocycles. The average molecular weight is 493 g/mol. The van der Waals surface area contributed by atoms with E-state index >= 15 is 0 Å². The van der Waals surface area contributed by atoms with Crippen molar-refractivity contribution >= 4 is 28.7 Å². The maximum absolute atomic E-state index is 14.4. The number of halogens is 2. The van der Waals surface area contributed by atoms with Crippen LogP contribution in [0.1, 0.15) is 21.9 Å². The van der Waals surface area contributed by atoms with Gasteiger partial charge in [-0.25, -0.2) is 23.6 Å². The van der Waals surface area contributed by atoms with Crippen molar-refractivity contribution in [3.05, 3.63) is 83.8 Å². The monoisotopic (exact) mass is 492 g/mol. The lowest BCUT2D eigenvalue weighted by atomic mass is 10.3. The molecule has 0 unspecified atom stereocenters. The fourth-order valence-corrected chi connectivity index (χ4v) is 3.79. The molecular weight excluding hydrogens is 479 g/mol. The molecule has 6 rings (SSSR count). The van der Waals surface area contributed by atoms with E-state index in [0.29, 0.717) is 17.0 Å². The van der Waals surface area contributed by atoms with Crippen molar-refractivity contribution in [2.45, 2.75) is 13.1 Å². The maximum Gasteiger partial charge on any atom is 0.273 e. The van der Waals surface area contributed by atoms with E-state index in [1.54, 1.807) is 46.4 Å². The minimum Gasteiger partial charge on any atom is -0.345 e. The molecular formula is C20H14ClFN12O. The van der Waals surface area contributed by atoms with Gasteiger partial charge in [0.05, 0.1) is 60.1 Å². The molecule has 13 nitrogen and oxygen atoms in total. The van der Waals surface area contributed by atoms with Crippen molar-refractivity contribution in [3.8, 4) is 5.69 Å². The van der Waals surface area contributed by atoms with Crippen LogP contribution in [0.4, 0.5) is 4.39 Å². The molecule has 6 heterocycles. The van der Waals surface area contributed by atoms with Gasteiger partial charge in [0, 0.05) is 6.20 Å². The average Bonchev–Trinajstić information content (AvgIpc) is 3.65. The van der Waals surface area contributed by atoms with Gasteiger partial charge in [-0.1, -0.05) is 16.8 Å². The summed E-state index contributed by atoms with van der Waals surface area (Å²) in [6, 6.07) is 3.23. The number of imidazole rings is 2. The molecule has 1 amide bonds. The number of nitrogens with zero attached hydrogens (tertiary/aromatic N) is 11. The van der Waals surface area contributed by atoms with Crippen LogP contribution in [0.25, 0.3) is 16.9 Å². The molecule has 0 aliphatic carbocycles. The number of fused-ring (bicyclic) bond motifs is 2. The van der Waals surface area contributed by atoms with Gasteiger partial charge in [-0.2, -0.15) is 5.10 Å². The lowest BCUT2D eigenvalue weighted by molar-refractivity contribution is 0.0945. The number of aromatic nitrogens is 11. The fraction of sp³-hybridized carbons (Fsp3) is 0.100. The third-order valence-corrected chi connectivity index (χ3v) is 5.56. The summed E-state index contributed by atoms with van der Waals surface area (Å²) in [5, 5.41) is 22.5. The molecule has 0 fully saturated rings. The molecule has 0 spiro atoms. The largest absolute Gasteiger partial charge is 0.345 e. The summed E-state index contributed by atoms with van der Waals surface area (Å²) in [6.45, 7) is 0.254. The minimum atomic E-state index is -0.601. The number of hydrogen-bond donors (Lipinski definition) is 1. The second-order valence-corrected chi connectivity index (χ2v) is 7.90. The van der Waals surface area contributed by atoms with Gasteiger partial charge in [-0.05, 0) is 12.1 Å². The van der Waals surface area contributed by atoms with Crippen molar-refractivity contribution in [3.63, 3.8) is 0 Å². The Hall–Kier alpha value is -4.72. The highest BCUT2D eigenvalue weighted by Crippen LogP contribution is 2.21. The van der Waals surface area contributed by atoms with E-state index in [0.717, 1.165) is 5.69 Å². The predicted octanol–water partition coefficient (Wildman–Crippen LogP) is 1.32. The molecule has 0 aromatic carbocycles. The SMILES string of the molecule is O=C(NCc1ncn2ccc(Cl)c(F)c12)c1cn(Cc2cn3nccc(-n4cnnc4)c3n2)nn1. The molecule has 15 heteroatoms. The van der Waals surface area contributed by atoms with Crippen LogP contribution >= 0.6 is 11.6 Å². The van der Waals surface area contributed by atoms with Crippen molar-refractivity contribution < 1.29 is 9.18 Å². The highest BCUT2D eigenvalue weighted by atomic mass is 35.5. The van der Waals surface area contributed by atoms with E-state index in [2.05, 4.69) is 40.9 Å². The minimum absolute atomic E-state index is 0.0105. The van der Waals surface area contributed by atoms with Crippen molar-refractivity contribution in [1.82, 2.24) is 59.1 Å². The molecule has 1 N–H and O–H groups in total. The Morgan fingerprint density at radius 3 is 2.86 bits per heavy atom. The van der Waals surface area contributed by atoms with Crippen LogP contribution < -0.4 is 5.32 Å². The van der Waals surface area contributed by atoms with Gasteiger partial charge < -0.3 is 9.72 Å². The van der Waals surface area contributed by atoms with Gasteiger partial charge in [-0.15, -0.1) is 15.3 Å². The van der Waals surface area contributed by atoms with Crippen LogP contribution in [0, 0.1) is 5.82 Å². The summed E-state index contributed by atoms with van der Waals surface area (Å²) in [7, 11) is 0. The van der Waals surface area contributed by atoms with Crippen LogP contribution in [0.3, 0.4) is 0 Å². The number of nitrogens with one attached hydrogen (secondary N) is 1. The Kier molecular flexibility index (Phi) is 4.92. The maximum atomic E-state index is 14.4.